The van der Waals surface area contributed by atoms with Gasteiger partial charge in [0.15, 0.2) is 0 Å². The normalized spacial score (nSPS) is 11.8. The summed E-state index contributed by atoms with van der Waals surface area (Å²) in [5.41, 5.74) is 2.39. The molecular formula is C16H21N3O2S. The molecule has 1 aromatic heterocycles. The number of hydrogen-bond donors (Lipinski definition) is 2. The van der Waals surface area contributed by atoms with Crippen LogP contribution in [0, 0.1) is 6.92 Å². The minimum atomic E-state index is -0.114. The Morgan fingerprint density at radius 1 is 1.36 bits per heavy atom. The Morgan fingerprint density at radius 2 is 2.05 bits per heavy atom. The van der Waals surface area contributed by atoms with E-state index in [-0.39, 0.29) is 11.9 Å². The molecular weight excluding hydrogens is 298 g/mol. The fraction of sp³-hybridized carbons (Fsp3) is 0.375. The fourth-order valence-corrected chi connectivity index (χ4v) is 2.92. The number of anilines is 1. The largest absolute Gasteiger partial charge is 0.494 e. The van der Waals surface area contributed by atoms with Crippen LogP contribution in [-0.4, -0.2) is 23.9 Å². The molecule has 1 atom stereocenters. The zero-order chi connectivity index (χ0) is 16.1. The summed E-state index contributed by atoms with van der Waals surface area (Å²) in [5.74, 6) is 0.720. The van der Waals surface area contributed by atoms with Crippen molar-refractivity contribution in [3.8, 4) is 5.75 Å². The number of nitrogens with one attached hydrogen (secondary N) is 2. The summed E-state index contributed by atoms with van der Waals surface area (Å²) in [6, 6.07) is 7.67. The average molecular weight is 319 g/mol. The molecule has 5 nitrogen and oxygen atoms in total. The van der Waals surface area contributed by atoms with E-state index in [9.17, 15) is 4.79 Å². The van der Waals surface area contributed by atoms with E-state index in [2.05, 4.69) is 15.0 Å². The molecule has 118 valence electrons. The van der Waals surface area contributed by atoms with Crippen molar-refractivity contribution in [1.82, 2.24) is 9.69 Å². The zero-order valence-electron chi connectivity index (χ0n) is 13.3. The van der Waals surface area contributed by atoms with Gasteiger partial charge in [0, 0.05) is 7.05 Å². The van der Waals surface area contributed by atoms with Gasteiger partial charge in [0.1, 0.15) is 10.8 Å². The lowest BCUT2D eigenvalue weighted by molar-refractivity contribution is 0.0940. The van der Waals surface area contributed by atoms with Crippen LogP contribution in [-0.2, 0) is 0 Å². The molecule has 0 aliphatic carbocycles. The van der Waals surface area contributed by atoms with Gasteiger partial charge in [0.05, 0.1) is 23.9 Å². The smallest absolute Gasteiger partial charge is 0.256 e. The molecule has 2 N–H and O–H groups in total. The second-order valence-corrected chi connectivity index (χ2v) is 5.69. The summed E-state index contributed by atoms with van der Waals surface area (Å²) >= 11 is 1.30. The third kappa shape index (κ3) is 3.57. The summed E-state index contributed by atoms with van der Waals surface area (Å²) in [4.78, 5) is 12.5. The van der Waals surface area contributed by atoms with Gasteiger partial charge < -0.3 is 15.4 Å². The molecule has 0 radical (unpaired) electrons. The van der Waals surface area contributed by atoms with E-state index < -0.39 is 0 Å². The maximum absolute atomic E-state index is 12.5. The number of aryl methyl sites for hydroxylation is 1. The van der Waals surface area contributed by atoms with Crippen molar-refractivity contribution in [1.29, 1.82) is 0 Å². The van der Waals surface area contributed by atoms with Crippen molar-refractivity contribution in [2.45, 2.75) is 26.8 Å². The Kier molecular flexibility index (Phi) is 5.38. The number of nitrogens with zero attached hydrogens (tertiary/aromatic N) is 1. The van der Waals surface area contributed by atoms with Crippen LogP contribution in [0.15, 0.2) is 24.3 Å². The van der Waals surface area contributed by atoms with E-state index in [4.69, 9.17) is 4.74 Å². The van der Waals surface area contributed by atoms with Gasteiger partial charge in [-0.05, 0) is 50.0 Å². The summed E-state index contributed by atoms with van der Waals surface area (Å²) in [6.07, 6.45) is 0. The van der Waals surface area contributed by atoms with Crippen molar-refractivity contribution in [2.24, 2.45) is 0 Å². The van der Waals surface area contributed by atoms with Gasteiger partial charge in [0.25, 0.3) is 5.91 Å². The van der Waals surface area contributed by atoms with Gasteiger partial charge >= 0.3 is 0 Å². The van der Waals surface area contributed by atoms with E-state index in [0.717, 1.165) is 22.0 Å². The number of rotatable bonds is 6. The molecule has 0 saturated carbocycles. The molecule has 0 saturated heterocycles. The lowest BCUT2D eigenvalue weighted by Gasteiger charge is -2.15. The monoisotopic (exact) mass is 319 g/mol. The fourth-order valence-electron chi connectivity index (χ4n) is 2.18. The molecule has 0 aliphatic heterocycles. The Morgan fingerprint density at radius 3 is 2.64 bits per heavy atom. The Hall–Kier alpha value is -2.08. The first-order valence-electron chi connectivity index (χ1n) is 7.24. The second kappa shape index (κ2) is 7.26. The summed E-state index contributed by atoms with van der Waals surface area (Å²) < 4.78 is 9.65. The summed E-state index contributed by atoms with van der Waals surface area (Å²) in [7, 11) is 1.79. The number of ether oxygens (including phenoxy) is 1. The highest BCUT2D eigenvalue weighted by molar-refractivity contribution is 7.10. The Bertz CT molecular complexity index is 637. The van der Waals surface area contributed by atoms with Crippen LogP contribution in [0.5, 0.6) is 5.75 Å². The number of amides is 1. The van der Waals surface area contributed by atoms with E-state index in [1.165, 1.54) is 11.5 Å². The predicted octanol–water partition coefficient (Wildman–Crippen LogP) is 3.38. The van der Waals surface area contributed by atoms with E-state index in [1.54, 1.807) is 7.05 Å². The van der Waals surface area contributed by atoms with Crippen LogP contribution in [0.1, 0.15) is 41.5 Å². The molecule has 2 rings (SSSR count). The molecule has 0 spiro atoms. The topological polar surface area (TPSA) is 63.2 Å². The third-order valence-electron chi connectivity index (χ3n) is 3.36. The SMILES string of the molecule is CCOc1ccc(C(C)NC(=O)c2c(C)nsc2NC)cc1. The maximum Gasteiger partial charge on any atom is 0.256 e. The van der Waals surface area contributed by atoms with Crippen LogP contribution in [0.25, 0.3) is 0 Å². The lowest BCUT2D eigenvalue weighted by Crippen LogP contribution is -2.27. The maximum atomic E-state index is 12.5. The molecule has 1 aromatic carbocycles. The Balaban J connectivity index is 2.09. The highest BCUT2D eigenvalue weighted by Crippen LogP contribution is 2.25. The molecule has 22 heavy (non-hydrogen) atoms. The average Bonchev–Trinajstić information content (AvgIpc) is 2.89. The minimum Gasteiger partial charge on any atom is -0.494 e. The number of hydrogen-bond acceptors (Lipinski definition) is 5. The van der Waals surface area contributed by atoms with Crippen LogP contribution in [0.2, 0.25) is 0 Å². The molecule has 1 amide bonds. The highest BCUT2D eigenvalue weighted by Gasteiger charge is 2.19. The number of benzene rings is 1. The van der Waals surface area contributed by atoms with Gasteiger partial charge in [-0.25, -0.2) is 0 Å². The Labute approximate surface area is 134 Å². The van der Waals surface area contributed by atoms with Gasteiger partial charge in [0.2, 0.25) is 0 Å². The van der Waals surface area contributed by atoms with Crippen molar-refractivity contribution < 1.29 is 9.53 Å². The van der Waals surface area contributed by atoms with E-state index >= 15 is 0 Å². The second-order valence-electron chi connectivity index (χ2n) is 4.92. The van der Waals surface area contributed by atoms with Crippen LogP contribution < -0.4 is 15.4 Å². The zero-order valence-corrected chi connectivity index (χ0v) is 14.1. The van der Waals surface area contributed by atoms with Gasteiger partial charge in [-0.15, -0.1) is 0 Å². The lowest BCUT2D eigenvalue weighted by atomic mass is 10.1. The first kappa shape index (κ1) is 16.3. The van der Waals surface area contributed by atoms with Crippen LogP contribution in [0.3, 0.4) is 0 Å². The quantitative estimate of drug-likeness (QED) is 0.857. The van der Waals surface area contributed by atoms with E-state index in [1.807, 2.05) is 45.0 Å². The molecule has 2 aromatic rings. The standard InChI is InChI=1S/C16H21N3O2S/c1-5-21-13-8-6-12(7-9-13)10(2)18-15(20)14-11(3)19-22-16(14)17-4/h6-10,17H,5H2,1-4H3,(H,18,20). The molecule has 0 fully saturated rings. The highest BCUT2D eigenvalue weighted by atomic mass is 32.1. The van der Waals surface area contributed by atoms with Crippen molar-refractivity contribution in [2.75, 3.05) is 19.0 Å². The number of carbonyl (C=O) groups excluding carboxylic acids is 1. The van der Waals surface area contributed by atoms with Crippen molar-refractivity contribution in [3.05, 3.63) is 41.1 Å². The minimum absolute atomic E-state index is 0.0906. The molecule has 1 unspecified atom stereocenters. The predicted molar refractivity (Wildman–Crippen MR) is 89.9 cm³/mol. The molecule has 6 heteroatoms. The van der Waals surface area contributed by atoms with Gasteiger partial charge in [-0.2, -0.15) is 4.37 Å². The first-order valence-corrected chi connectivity index (χ1v) is 8.01. The number of carbonyl (C=O) groups is 1. The first-order chi connectivity index (χ1) is 10.6. The molecule has 0 bridgehead atoms. The third-order valence-corrected chi connectivity index (χ3v) is 4.31. The van der Waals surface area contributed by atoms with Crippen LogP contribution >= 0.6 is 11.5 Å². The van der Waals surface area contributed by atoms with Crippen molar-refractivity contribution >= 4 is 22.4 Å². The molecule has 1 heterocycles. The van der Waals surface area contributed by atoms with Crippen molar-refractivity contribution in [3.63, 3.8) is 0 Å². The van der Waals surface area contributed by atoms with Gasteiger partial charge in [-0.1, -0.05) is 12.1 Å². The molecule has 0 aliphatic rings. The summed E-state index contributed by atoms with van der Waals surface area (Å²) in [5, 5.41) is 6.81. The van der Waals surface area contributed by atoms with Crippen LogP contribution in [0.4, 0.5) is 5.00 Å². The number of aromatic nitrogens is 1. The van der Waals surface area contributed by atoms with Gasteiger partial charge in [-0.3, -0.25) is 4.79 Å². The van der Waals surface area contributed by atoms with E-state index in [0.29, 0.717) is 12.2 Å². The summed E-state index contributed by atoms with van der Waals surface area (Å²) in [6.45, 7) is 6.39.